The van der Waals surface area contributed by atoms with Gasteiger partial charge in [0.1, 0.15) is 0 Å². The van der Waals surface area contributed by atoms with E-state index < -0.39 is 21.7 Å². The lowest BCUT2D eigenvalue weighted by molar-refractivity contribution is -0.133. The Morgan fingerprint density at radius 1 is 1.50 bits per heavy atom. The largest absolute Gasteiger partial charge is 0.289 e. The van der Waals surface area contributed by atoms with Crippen molar-refractivity contribution in [2.75, 3.05) is 11.5 Å². The van der Waals surface area contributed by atoms with E-state index >= 15 is 0 Å². The molecule has 70 valence electrons. The summed E-state index contributed by atoms with van der Waals surface area (Å²) < 4.78 is 22.0. The minimum absolute atomic E-state index is 0.139. The number of nitrogens with one attached hydrogen (secondary N) is 1. The van der Waals surface area contributed by atoms with Crippen molar-refractivity contribution >= 4 is 15.7 Å². The molecule has 0 aromatic rings. The molecule has 1 saturated heterocycles. The van der Waals surface area contributed by atoms with Crippen molar-refractivity contribution in [3.8, 4) is 0 Å². The molecule has 2 N–H and O–H groups in total. The normalized spacial score (nSPS) is 27.9. The SMILES string of the molecule is O=C(NO)C1CCCS(=O)(=O)C1. The van der Waals surface area contributed by atoms with Crippen LogP contribution in [0.25, 0.3) is 0 Å². The Kier molecular flexibility index (Phi) is 2.69. The summed E-state index contributed by atoms with van der Waals surface area (Å²) in [7, 11) is -3.06. The zero-order valence-corrected chi connectivity index (χ0v) is 7.30. The van der Waals surface area contributed by atoms with Crippen molar-refractivity contribution in [2.45, 2.75) is 12.8 Å². The van der Waals surface area contributed by atoms with Crippen molar-refractivity contribution in [3.63, 3.8) is 0 Å². The van der Waals surface area contributed by atoms with Crippen LogP contribution in [0.2, 0.25) is 0 Å². The number of rotatable bonds is 1. The van der Waals surface area contributed by atoms with Gasteiger partial charge in [0.15, 0.2) is 9.84 Å². The van der Waals surface area contributed by atoms with Gasteiger partial charge in [0.25, 0.3) is 0 Å². The van der Waals surface area contributed by atoms with Crippen LogP contribution in [0.5, 0.6) is 0 Å². The standard InChI is InChI=1S/C6H11NO4S/c8-6(7-9)5-2-1-3-12(10,11)4-5/h5,9H,1-4H2,(H,7,8). The van der Waals surface area contributed by atoms with Crippen LogP contribution >= 0.6 is 0 Å². The Balaban J connectivity index is 2.64. The molecule has 1 atom stereocenters. The molecular formula is C6H11NO4S. The predicted molar refractivity (Wildman–Crippen MR) is 41.3 cm³/mol. The van der Waals surface area contributed by atoms with Crippen LogP contribution in [-0.2, 0) is 14.6 Å². The lowest BCUT2D eigenvalue weighted by Gasteiger charge is -2.19. The molecule has 0 aliphatic carbocycles. The minimum atomic E-state index is -3.06. The second-order valence-electron chi connectivity index (χ2n) is 2.93. The Labute approximate surface area is 70.6 Å². The van der Waals surface area contributed by atoms with Crippen molar-refractivity contribution in [3.05, 3.63) is 0 Å². The fourth-order valence-corrected chi connectivity index (χ4v) is 3.03. The van der Waals surface area contributed by atoms with Gasteiger partial charge in [0.2, 0.25) is 5.91 Å². The molecule has 0 aromatic carbocycles. The fraction of sp³-hybridized carbons (Fsp3) is 0.833. The number of hydrogen-bond donors (Lipinski definition) is 2. The first kappa shape index (κ1) is 9.47. The maximum atomic E-state index is 11.0. The summed E-state index contributed by atoms with van der Waals surface area (Å²) in [4.78, 5) is 10.8. The monoisotopic (exact) mass is 193 g/mol. The molecule has 0 saturated carbocycles. The minimum Gasteiger partial charge on any atom is -0.289 e. The Hall–Kier alpha value is -0.620. The molecule has 5 nitrogen and oxygen atoms in total. The predicted octanol–water partition coefficient (Wildman–Crippen LogP) is -0.683. The summed E-state index contributed by atoms with van der Waals surface area (Å²) in [6.07, 6.45) is 1.03. The molecule has 1 rings (SSSR count). The number of sulfone groups is 1. The van der Waals surface area contributed by atoms with Gasteiger partial charge in [-0.2, -0.15) is 0 Å². The quantitative estimate of drug-likeness (QED) is 0.427. The van der Waals surface area contributed by atoms with Crippen molar-refractivity contribution in [1.29, 1.82) is 0 Å². The maximum absolute atomic E-state index is 11.0. The van der Waals surface area contributed by atoms with E-state index in [9.17, 15) is 13.2 Å². The van der Waals surface area contributed by atoms with E-state index in [1.165, 1.54) is 5.48 Å². The molecule has 1 aliphatic rings. The molecule has 6 heteroatoms. The smallest absolute Gasteiger partial charge is 0.247 e. The third-order valence-electron chi connectivity index (χ3n) is 1.94. The molecule has 1 heterocycles. The lowest BCUT2D eigenvalue weighted by atomic mass is 10.1. The summed E-state index contributed by atoms with van der Waals surface area (Å²) in [6.45, 7) is 0. The van der Waals surface area contributed by atoms with Crippen LogP contribution in [0.1, 0.15) is 12.8 Å². The van der Waals surface area contributed by atoms with Crippen LogP contribution in [0.4, 0.5) is 0 Å². The highest BCUT2D eigenvalue weighted by Crippen LogP contribution is 2.17. The van der Waals surface area contributed by atoms with Gasteiger partial charge in [-0.1, -0.05) is 0 Å². The summed E-state index contributed by atoms with van der Waals surface area (Å²) in [5, 5.41) is 8.26. The Morgan fingerprint density at radius 3 is 2.67 bits per heavy atom. The van der Waals surface area contributed by atoms with Crippen molar-refractivity contribution < 1.29 is 18.4 Å². The van der Waals surface area contributed by atoms with Crippen molar-refractivity contribution in [1.82, 2.24) is 5.48 Å². The highest BCUT2D eigenvalue weighted by Gasteiger charge is 2.29. The Morgan fingerprint density at radius 2 is 2.17 bits per heavy atom. The third kappa shape index (κ3) is 2.18. The van der Waals surface area contributed by atoms with E-state index in [1.807, 2.05) is 0 Å². The number of carbonyl (C=O) groups excluding carboxylic acids is 1. The van der Waals surface area contributed by atoms with Crippen molar-refractivity contribution in [2.24, 2.45) is 5.92 Å². The summed E-state index contributed by atoms with van der Waals surface area (Å²) >= 11 is 0. The first-order chi connectivity index (χ1) is 5.55. The van der Waals surface area contributed by atoms with Gasteiger partial charge in [-0.05, 0) is 12.8 Å². The summed E-state index contributed by atoms with van der Waals surface area (Å²) in [5.41, 5.74) is 1.47. The molecule has 1 amide bonds. The highest BCUT2D eigenvalue weighted by molar-refractivity contribution is 7.91. The van der Waals surface area contributed by atoms with Crippen LogP contribution in [-0.4, -0.2) is 31.0 Å². The molecule has 0 bridgehead atoms. The molecule has 1 unspecified atom stereocenters. The van der Waals surface area contributed by atoms with E-state index in [1.54, 1.807) is 0 Å². The van der Waals surface area contributed by atoms with Crippen LogP contribution < -0.4 is 5.48 Å². The fourth-order valence-electron chi connectivity index (χ4n) is 1.32. The van der Waals surface area contributed by atoms with Gasteiger partial charge in [-0.15, -0.1) is 0 Å². The van der Waals surface area contributed by atoms with E-state index in [4.69, 9.17) is 5.21 Å². The van der Waals surface area contributed by atoms with Crippen LogP contribution in [0.15, 0.2) is 0 Å². The van der Waals surface area contributed by atoms with E-state index in [0.717, 1.165) is 0 Å². The molecule has 0 radical (unpaired) electrons. The highest BCUT2D eigenvalue weighted by atomic mass is 32.2. The molecule has 0 aromatic heterocycles. The number of hydroxylamine groups is 1. The van der Waals surface area contributed by atoms with Gasteiger partial charge >= 0.3 is 0 Å². The van der Waals surface area contributed by atoms with Gasteiger partial charge in [-0.3, -0.25) is 10.0 Å². The first-order valence-electron chi connectivity index (χ1n) is 3.69. The number of carbonyl (C=O) groups is 1. The second kappa shape index (κ2) is 3.40. The van der Waals surface area contributed by atoms with Gasteiger partial charge in [-0.25, -0.2) is 13.9 Å². The summed E-state index contributed by atoms with van der Waals surface area (Å²) in [5.74, 6) is -1.16. The first-order valence-corrected chi connectivity index (χ1v) is 5.51. The van der Waals surface area contributed by atoms with E-state index in [-0.39, 0.29) is 11.5 Å². The maximum Gasteiger partial charge on any atom is 0.247 e. The van der Waals surface area contributed by atoms with E-state index in [0.29, 0.717) is 12.8 Å². The second-order valence-corrected chi connectivity index (χ2v) is 5.16. The molecule has 12 heavy (non-hydrogen) atoms. The van der Waals surface area contributed by atoms with Crippen LogP contribution in [0.3, 0.4) is 0 Å². The zero-order chi connectivity index (χ0) is 9.19. The zero-order valence-electron chi connectivity index (χ0n) is 6.49. The average Bonchev–Trinajstić information content (AvgIpc) is 2.01. The number of hydrogen-bond acceptors (Lipinski definition) is 4. The van der Waals surface area contributed by atoms with Gasteiger partial charge in [0.05, 0.1) is 17.4 Å². The molecule has 0 spiro atoms. The molecule has 1 aliphatic heterocycles. The van der Waals surface area contributed by atoms with Gasteiger partial charge < -0.3 is 0 Å². The molecular weight excluding hydrogens is 182 g/mol. The average molecular weight is 193 g/mol. The lowest BCUT2D eigenvalue weighted by Crippen LogP contribution is -2.36. The topological polar surface area (TPSA) is 83.5 Å². The molecule has 1 fully saturated rings. The van der Waals surface area contributed by atoms with Crippen LogP contribution in [0, 0.1) is 5.92 Å². The van der Waals surface area contributed by atoms with Gasteiger partial charge in [0, 0.05) is 0 Å². The van der Waals surface area contributed by atoms with E-state index in [2.05, 4.69) is 0 Å². The number of amides is 1. The Bertz CT molecular complexity index is 271. The third-order valence-corrected chi connectivity index (χ3v) is 3.76. The summed E-state index contributed by atoms with van der Waals surface area (Å²) in [6, 6.07) is 0.